The lowest BCUT2D eigenvalue weighted by Crippen LogP contribution is -2.07. The van der Waals surface area contributed by atoms with E-state index in [0.29, 0.717) is 5.56 Å². The Labute approximate surface area is 182 Å². The van der Waals surface area contributed by atoms with Gasteiger partial charge in [0.25, 0.3) is 0 Å². The van der Waals surface area contributed by atoms with Crippen LogP contribution in [0.3, 0.4) is 0 Å². The fourth-order valence-electron chi connectivity index (χ4n) is 3.49. The van der Waals surface area contributed by atoms with Crippen LogP contribution in [0, 0.1) is 0 Å². The lowest BCUT2D eigenvalue weighted by molar-refractivity contribution is 0.0518. The number of hydrogen-bond acceptors (Lipinski definition) is 3. The maximum Gasteiger partial charge on any atom is 0.365 e. The third-order valence-corrected chi connectivity index (χ3v) is 5.39. The summed E-state index contributed by atoms with van der Waals surface area (Å²) >= 11 is 0. The highest BCUT2D eigenvalue weighted by molar-refractivity contribution is 5.91. The predicted octanol–water partition coefficient (Wildman–Crippen LogP) is 7.30. The summed E-state index contributed by atoms with van der Waals surface area (Å²) in [7, 11) is 0. The second-order valence-electron chi connectivity index (χ2n) is 8.01. The molecule has 0 saturated carbocycles. The van der Waals surface area contributed by atoms with Gasteiger partial charge in [0.2, 0.25) is 0 Å². The normalized spacial score (nSPS) is 11.2. The topological polar surface area (TPSA) is 38.7 Å². The van der Waals surface area contributed by atoms with Crippen molar-refractivity contribution in [1.82, 2.24) is 0 Å². The summed E-state index contributed by atoms with van der Waals surface area (Å²) in [6, 6.07) is 14.4. The van der Waals surface area contributed by atoms with Crippen molar-refractivity contribution >= 4 is 12.2 Å². The number of benzene rings is 2. The molecule has 0 N–H and O–H groups in total. The van der Waals surface area contributed by atoms with E-state index in [1.807, 2.05) is 24.3 Å². The zero-order valence-corrected chi connectivity index (χ0v) is 19.0. The molecule has 0 aliphatic carbocycles. The zero-order valence-electron chi connectivity index (χ0n) is 19.0. The van der Waals surface area contributed by atoms with Crippen LogP contribution < -0.4 is 0 Å². The molecule has 2 aromatic carbocycles. The minimum absolute atomic E-state index is 0.376. The summed E-state index contributed by atoms with van der Waals surface area (Å²) in [4.78, 5) is 17.9. The Morgan fingerprint density at radius 3 is 2.10 bits per heavy atom. The summed E-state index contributed by atoms with van der Waals surface area (Å²) in [5.74, 6) is -0.376. The molecule has 2 aromatic rings. The third kappa shape index (κ3) is 8.14. The molecule has 162 valence electrons. The lowest BCUT2D eigenvalue weighted by atomic mass is 9.97. The molecule has 0 amide bonds. The fraction of sp³-hybridized carbons (Fsp3) is 0.481. The maximum absolute atomic E-state index is 12.7. The van der Waals surface area contributed by atoms with Crippen LogP contribution in [0.2, 0.25) is 0 Å². The zero-order chi connectivity index (χ0) is 21.6. The minimum Gasteiger partial charge on any atom is -0.313 e. The van der Waals surface area contributed by atoms with Gasteiger partial charge in [0.05, 0.1) is 11.8 Å². The standard InChI is InChI=1S/C27H37NO2/c1-4-7-10-13-25-20-23(12-9-6-3)18-19-26(25)27(29)30-28-21-24-16-14-22(15-17-24)11-8-5-2/h14-21H,4-13H2,1-3H3. The van der Waals surface area contributed by atoms with E-state index in [-0.39, 0.29) is 5.97 Å². The predicted molar refractivity (Wildman–Crippen MR) is 126 cm³/mol. The highest BCUT2D eigenvalue weighted by atomic mass is 16.7. The van der Waals surface area contributed by atoms with E-state index in [1.54, 1.807) is 6.21 Å². The van der Waals surface area contributed by atoms with Crippen molar-refractivity contribution in [1.29, 1.82) is 0 Å². The Morgan fingerprint density at radius 2 is 1.43 bits per heavy atom. The van der Waals surface area contributed by atoms with Crippen LogP contribution in [0.25, 0.3) is 0 Å². The molecule has 0 aromatic heterocycles. The minimum atomic E-state index is -0.376. The largest absolute Gasteiger partial charge is 0.365 e. The molecule has 0 aliphatic heterocycles. The highest BCUT2D eigenvalue weighted by Crippen LogP contribution is 2.18. The summed E-state index contributed by atoms with van der Waals surface area (Å²) < 4.78 is 0. The van der Waals surface area contributed by atoms with Crippen LogP contribution in [0.4, 0.5) is 0 Å². The molecule has 0 spiro atoms. The number of unbranched alkanes of at least 4 members (excludes halogenated alkanes) is 4. The average Bonchev–Trinajstić information content (AvgIpc) is 2.77. The Bertz CT molecular complexity index is 793. The number of carbonyl (C=O) groups excluding carboxylic acids is 1. The van der Waals surface area contributed by atoms with Gasteiger partial charge in [0, 0.05) is 0 Å². The van der Waals surface area contributed by atoms with Crippen molar-refractivity contribution in [3.8, 4) is 0 Å². The van der Waals surface area contributed by atoms with E-state index >= 15 is 0 Å². The number of rotatable bonds is 13. The van der Waals surface area contributed by atoms with E-state index in [4.69, 9.17) is 4.84 Å². The quantitative estimate of drug-likeness (QED) is 0.151. The van der Waals surface area contributed by atoms with Gasteiger partial charge in [-0.05, 0) is 66.8 Å². The first-order valence-electron chi connectivity index (χ1n) is 11.6. The van der Waals surface area contributed by atoms with E-state index in [2.05, 4.69) is 44.1 Å². The van der Waals surface area contributed by atoms with Gasteiger partial charge >= 0.3 is 5.97 Å². The summed E-state index contributed by atoms with van der Waals surface area (Å²) in [5.41, 5.74) is 5.27. The smallest absolute Gasteiger partial charge is 0.313 e. The second kappa shape index (κ2) is 13.7. The molecular weight excluding hydrogens is 370 g/mol. The third-order valence-electron chi connectivity index (χ3n) is 5.39. The molecule has 0 fully saturated rings. The molecule has 0 unspecified atom stereocenters. The van der Waals surface area contributed by atoms with E-state index in [0.717, 1.165) is 43.2 Å². The molecule has 3 heteroatoms. The number of carbonyl (C=O) groups is 1. The van der Waals surface area contributed by atoms with E-state index < -0.39 is 0 Å². The van der Waals surface area contributed by atoms with E-state index in [9.17, 15) is 4.79 Å². The van der Waals surface area contributed by atoms with Crippen molar-refractivity contribution in [3.63, 3.8) is 0 Å². The molecule has 0 atom stereocenters. The number of hydrogen-bond donors (Lipinski definition) is 0. The number of oxime groups is 1. The Kier molecular flexibility index (Phi) is 10.9. The average molecular weight is 408 g/mol. The molecule has 0 radical (unpaired) electrons. The lowest BCUT2D eigenvalue weighted by Gasteiger charge is -2.10. The number of aryl methyl sites for hydroxylation is 3. The summed E-state index contributed by atoms with van der Waals surface area (Å²) in [5, 5.41) is 3.94. The van der Waals surface area contributed by atoms with Crippen LogP contribution in [0.1, 0.15) is 98.3 Å². The number of nitrogens with zero attached hydrogens (tertiary/aromatic N) is 1. The molecule has 0 bridgehead atoms. The fourth-order valence-corrected chi connectivity index (χ4v) is 3.49. The molecule has 0 heterocycles. The van der Waals surface area contributed by atoms with Gasteiger partial charge in [-0.1, -0.05) is 88.0 Å². The van der Waals surface area contributed by atoms with Crippen molar-refractivity contribution in [2.75, 3.05) is 0 Å². The van der Waals surface area contributed by atoms with Gasteiger partial charge in [0.15, 0.2) is 0 Å². The maximum atomic E-state index is 12.7. The van der Waals surface area contributed by atoms with Gasteiger partial charge in [-0.25, -0.2) is 4.79 Å². The molecule has 30 heavy (non-hydrogen) atoms. The van der Waals surface area contributed by atoms with Crippen molar-refractivity contribution in [2.45, 2.75) is 85.0 Å². The van der Waals surface area contributed by atoms with Crippen LogP contribution in [0.15, 0.2) is 47.6 Å². The van der Waals surface area contributed by atoms with Gasteiger partial charge < -0.3 is 4.84 Å². The first-order chi connectivity index (χ1) is 14.7. The Balaban J connectivity index is 2.02. The molecule has 2 rings (SSSR count). The first-order valence-corrected chi connectivity index (χ1v) is 11.6. The van der Waals surface area contributed by atoms with Crippen LogP contribution >= 0.6 is 0 Å². The van der Waals surface area contributed by atoms with Gasteiger partial charge in [-0.3, -0.25) is 0 Å². The summed E-state index contributed by atoms with van der Waals surface area (Å²) in [6.07, 6.45) is 12.8. The Hall–Kier alpha value is -2.42. The molecule has 3 nitrogen and oxygen atoms in total. The molecule has 0 saturated heterocycles. The van der Waals surface area contributed by atoms with E-state index in [1.165, 1.54) is 43.2 Å². The van der Waals surface area contributed by atoms with Crippen molar-refractivity contribution < 1.29 is 9.63 Å². The molecule has 0 aliphatic rings. The van der Waals surface area contributed by atoms with Crippen molar-refractivity contribution in [3.05, 3.63) is 70.3 Å². The highest BCUT2D eigenvalue weighted by Gasteiger charge is 2.14. The van der Waals surface area contributed by atoms with Crippen molar-refractivity contribution in [2.24, 2.45) is 5.16 Å². The monoisotopic (exact) mass is 407 g/mol. The van der Waals surface area contributed by atoms with Gasteiger partial charge in [-0.15, -0.1) is 0 Å². The molecular formula is C27H37NO2. The van der Waals surface area contributed by atoms with Crippen LogP contribution in [-0.2, 0) is 24.1 Å². The second-order valence-corrected chi connectivity index (χ2v) is 8.01. The van der Waals surface area contributed by atoms with Crippen LogP contribution in [-0.4, -0.2) is 12.2 Å². The Morgan fingerprint density at radius 1 is 0.800 bits per heavy atom. The van der Waals surface area contributed by atoms with Gasteiger partial charge in [-0.2, -0.15) is 0 Å². The SMILES string of the molecule is CCCCCc1cc(CCCC)ccc1C(=O)ON=Cc1ccc(CCCC)cc1. The summed E-state index contributed by atoms with van der Waals surface area (Å²) in [6.45, 7) is 6.59. The van der Waals surface area contributed by atoms with Crippen LogP contribution in [0.5, 0.6) is 0 Å². The van der Waals surface area contributed by atoms with Gasteiger partial charge in [0.1, 0.15) is 0 Å². The first kappa shape index (κ1) is 23.9.